The molecule has 0 unspecified atom stereocenters. The number of anilines is 1. The molecule has 0 bridgehead atoms. The lowest BCUT2D eigenvalue weighted by atomic mass is 9.67. The van der Waals surface area contributed by atoms with Crippen LogP contribution in [0.25, 0.3) is 0 Å². The number of nitrogens with two attached hydrogens (primary N) is 1. The van der Waals surface area contributed by atoms with Crippen LogP contribution in [0.2, 0.25) is 0 Å². The molecule has 0 saturated heterocycles. The number of nitrogens with one attached hydrogen (secondary N) is 1. The Balaban J connectivity index is 1.76. The number of hydrogen-bond donors (Lipinski definition) is 2. The van der Waals surface area contributed by atoms with E-state index in [0.717, 1.165) is 19.3 Å². The Morgan fingerprint density at radius 2 is 2.14 bits per heavy atom. The molecule has 0 aromatic heterocycles. The molecule has 6 heteroatoms. The van der Waals surface area contributed by atoms with Crippen molar-refractivity contribution >= 4 is 15.7 Å². The van der Waals surface area contributed by atoms with Crippen LogP contribution in [0, 0.1) is 5.41 Å². The van der Waals surface area contributed by atoms with Crippen molar-refractivity contribution in [3.8, 4) is 5.75 Å². The molecule has 1 aromatic carbocycles. The molecule has 0 atom stereocenters. The summed E-state index contributed by atoms with van der Waals surface area (Å²) in [4.78, 5) is 0. The first kappa shape index (κ1) is 16.1. The highest BCUT2D eigenvalue weighted by Crippen LogP contribution is 2.43. The fourth-order valence-corrected chi connectivity index (χ4v) is 3.51. The second kappa shape index (κ2) is 6.66. The molecule has 0 aliphatic heterocycles. The van der Waals surface area contributed by atoms with Crippen LogP contribution in [0.3, 0.4) is 0 Å². The minimum Gasteiger partial charge on any atom is -0.492 e. The number of benzene rings is 1. The molecular weight excluding hydrogens is 288 g/mol. The minimum atomic E-state index is -3.29. The van der Waals surface area contributed by atoms with Crippen molar-refractivity contribution in [2.75, 3.05) is 24.6 Å². The summed E-state index contributed by atoms with van der Waals surface area (Å²) in [5.41, 5.74) is 6.42. The average molecular weight is 312 g/mol. The standard InChI is InChI=1S/C15H24N2O3S/c1-2-15(7-4-8-15)12-17-21(18,19)10-9-20-14-6-3-5-13(16)11-14/h3,5-6,11,17H,2,4,7-10,12,16H2,1H3. The number of rotatable bonds is 8. The van der Waals surface area contributed by atoms with Crippen LogP contribution >= 0.6 is 0 Å². The Bertz CT molecular complexity index is 563. The third-order valence-electron chi connectivity index (χ3n) is 4.31. The predicted molar refractivity (Wildman–Crippen MR) is 84.7 cm³/mol. The van der Waals surface area contributed by atoms with Crippen LogP contribution in [0.15, 0.2) is 24.3 Å². The van der Waals surface area contributed by atoms with E-state index >= 15 is 0 Å². The molecule has 2 rings (SSSR count). The van der Waals surface area contributed by atoms with Crippen molar-refractivity contribution in [3.05, 3.63) is 24.3 Å². The van der Waals surface area contributed by atoms with E-state index in [-0.39, 0.29) is 17.8 Å². The lowest BCUT2D eigenvalue weighted by Crippen LogP contribution is -2.42. The van der Waals surface area contributed by atoms with Gasteiger partial charge in [0.05, 0.1) is 5.75 Å². The molecule has 5 nitrogen and oxygen atoms in total. The summed E-state index contributed by atoms with van der Waals surface area (Å²) in [6, 6.07) is 6.98. The van der Waals surface area contributed by atoms with E-state index in [0.29, 0.717) is 18.0 Å². The van der Waals surface area contributed by atoms with Crippen LogP contribution in [-0.4, -0.2) is 27.3 Å². The van der Waals surface area contributed by atoms with Gasteiger partial charge in [-0.15, -0.1) is 0 Å². The van der Waals surface area contributed by atoms with Crippen molar-refractivity contribution in [2.45, 2.75) is 32.6 Å². The van der Waals surface area contributed by atoms with Gasteiger partial charge in [-0.2, -0.15) is 0 Å². The van der Waals surface area contributed by atoms with Crippen molar-refractivity contribution in [1.29, 1.82) is 0 Å². The van der Waals surface area contributed by atoms with Crippen molar-refractivity contribution in [2.24, 2.45) is 5.41 Å². The Hall–Kier alpha value is -1.27. The molecule has 0 amide bonds. The highest BCUT2D eigenvalue weighted by atomic mass is 32.2. The van der Waals surface area contributed by atoms with Gasteiger partial charge in [-0.05, 0) is 36.8 Å². The first-order valence-corrected chi connectivity index (χ1v) is 9.06. The summed E-state index contributed by atoms with van der Waals surface area (Å²) in [5.74, 6) is 0.552. The second-order valence-corrected chi connectivity index (χ2v) is 7.69. The molecule has 0 spiro atoms. The summed E-state index contributed by atoms with van der Waals surface area (Å²) in [6.45, 7) is 2.79. The van der Waals surface area contributed by atoms with E-state index in [9.17, 15) is 8.42 Å². The molecule has 3 N–H and O–H groups in total. The molecule has 1 aromatic rings. The average Bonchev–Trinajstić information content (AvgIpc) is 2.38. The maximum absolute atomic E-state index is 12.0. The van der Waals surface area contributed by atoms with Gasteiger partial charge < -0.3 is 10.5 Å². The fourth-order valence-electron chi connectivity index (χ4n) is 2.54. The summed E-state index contributed by atoms with van der Waals surface area (Å²) >= 11 is 0. The zero-order chi connectivity index (χ0) is 15.3. The molecule has 1 aliphatic rings. The monoisotopic (exact) mass is 312 g/mol. The predicted octanol–water partition coefficient (Wildman–Crippen LogP) is 2.15. The molecule has 0 radical (unpaired) electrons. The molecule has 1 fully saturated rings. The third kappa shape index (κ3) is 4.61. The van der Waals surface area contributed by atoms with Gasteiger partial charge >= 0.3 is 0 Å². The summed E-state index contributed by atoms with van der Waals surface area (Å²) < 4.78 is 32.1. The zero-order valence-electron chi connectivity index (χ0n) is 12.5. The van der Waals surface area contributed by atoms with Crippen molar-refractivity contribution in [1.82, 2.24) is 4.72 Å². The van der Waals surface area contributed by atoms with Gasteiger partial charge in [-0.3, -0.25) is 0 Å². The summed E-state index contributed by atoms with van der Waals surface area (Å²) in [7, 11) is -3.29. The highest BCUT2D eigenvalue weighted by Gasteiger charge is 2.35. The quantitative estimate of drug-likeness (QED) is 0.721. The normalized spacial score (nSPS) is 17.2. The Morgan fingerprint density at radius 1 is 1.38 bits per heavy atom. The van der Waals surface area contributed by atoms with Crippen LogP contribution in [0.1, 0.15) is 32.6 Å². The number of hydrogen-bond acceptors (Lipinski definition) is 4. The minimum absolute atomic E-state index is 0.0401. The fraction of sp³-hybridized carbons (Fsp3) is 0.600. The van der Waals surface area contributed by atoms with Crippen LogP contribution in [0.5, 0.6) is 5.75 Å². The molecular formula is C15H24N2O3S. The smallest absolute Gasteiger partial charge is 0.214 e. The summed E-state index contributed by atoms with van der Waals surface area (Å²) in [6.07, 6.45) is 4.46. The van der Waals surface area contributed by atoms with Crippen molar-refractivity contribution in [3.63, 3.8) is 0 Å². The van der Waals surface area contributed by atoms with E-state index < -0.39 is 10.0 Å². The van der Waals surface area contributed by atoms with Gasteiger partial charge in [0, 0.05) is 18.3 Å². The van der Waals surface area contributed by atoms with E-state index in [2.05, 4.69) is 11.6 Å². The zero-order valence-corrected chi connectivity index (χ0v) is 13.3. The third-order valence-corrected chi connectivity index (χ3v) is 5.60. The molecule has 0 heterocycles. The summed E-state index contributed by atoms with van der Waals surface area (Å²) in [5, 5.41) is 0. The first-order valence-electron chi connectivity index (χ1n) is 7.40. The number of ether oxygens (including phenoxy) is 1. The van der Waals surface area contributed by atoms with E-state index in [1.165, 1.54) is 6.42 Å². The maximum Gasteiger partial charge on any atom is 0.214 e. The first-order chi connectivity index (χ1) is 9.95. The highest BCUT2D eigenvalue weighted by molar-refractivity contribution is 7.89. The lowest BCUT2D eigenvalue weighted by Gasteiger charge is -2.41. The molecule has 118 valence electrons. The van der Waals surface area contributed by atoms with Gasteiger partial charge in [0.2, 0.25) is 10.0 Å². The Morgan fingerprint density at radius 3 is 2.71 bits per heavy atom. The maximum atomic E-state index is 12.0. The molecule has 21 heavy (non-hydrogen) atoms. The second-order valence-electron chi connectivity index (χ2n) is 5.77. The number of nitrogen functional groups attached to an aromatic ring is 1. The van der Waals surface area contributed by atoms with Gasteiger partial charge in [-0.25, -0.2) is 13.1 Å². The van der Waals surface area contributed by atoms with Gasteiger partial charge in [0.15, 0.2) is 0 Å². The lowest BCUT2D eigenvalue weighted by molar-refractivity contribution is 0.133. The van der Waals surface area contributed by atoms with Crippen molar-refractivity contribution < 1.29 is 13.2 Å². The van der Waals surface area contributed by atoms with Crippen LogP contribution < -0.4 is 15.2 Å². The van der Waals surface area contributed by atoms with E-state index in [1.807, 2.05) is 0 Å². The number of sulfonamides is 1. The largest absolute Gasteiger partial charge is 0.492 e. The molecule has 1 aliphatic carbocycles. The Kier molecular flexibility index (Phi) is 5.11. The SMILES string of the molecule is CCC1(CNS(=O)(=O)CCOc2cccc(N)c2)CCC1. The Labute approximate surface area is 126 Å². The van der Waals surface area contributed by atoms with E-state index in [1.54, 1.807) is 24.3 Å². The van der Waals surface area contributed by atoms with Gasteiger partial charge in [0.1, 0.15) is 12.4 Å². The van der Waals surface area contributed by atoms with Gasteiger partial charge in [0.25, 0.3) is 0 Å². The van der Waals surface area contributed by atoms with E-state index in [4.69, 9.17) is 10.5 Å². The molecule has 1 saturated carbocycles. The van der Waals surface area contributed by atoms with Crippen LogP contribution in [-0.2, 0) is 10.0 Å². The van der Waals surface area contributed by atoms with Gasteiger partial charge in [-0.1, -0.05) is 19.4 Å². The van der Waals surface area contributed by atoms with Crippen LogP contribution in [0.4, 0.5) is 5.69 Å². The topological polar surface area (TPSA) is 81.4 Å².